The van der Waals surface area contributed by atoms with Gasteiger partial charge in [-0.1, -0.05) is 30.3 Å². The van der Waals surface area contributed by atoms with Crippen LogP contribution in [0.15, 0.2) is 73.1 Å². The molecule has 0 radical (unpaired) electrons. The third-order valence-corrected chi connectivity index (χ3v) is 4.96. The number of hydrogen-bond donors (Lipinski definition) is 2. The van der Waals surface area contributed by atoms with Gasteiger partial charge >= 0.3 is 0 Å². The number of pyridine rings is 1. The maximum absolute atomic E-state index is 12.6. The van der Waals surface area contributed by atoms with Crippen molar-refractivity contribution in [2.24, 2.45) is 0 Å². The summed E-state index contributed by atoms with van der Waals surface area (Å²) in [5, 5.41) is 6.45. The molecule has 6 heteroatoms. The number of nitrogens with zero attached hydrogens (tertiary/aromatic N) is 1. The Morgan fingerprint density at radius 2 is 2.07 bits per heavy atom. The highest BCUT2D eigenvalue weighted by molar-refractivity contribution is 5.95. The predicted octanol–water partition coefficient (Wildman–Crippen LogP) is 3.70. The van der Waals surface area contributed by atoms with Crippen molar-refractivity contribution in [2.75, 3.05) is 25.1 Å². The van der Waals surface area contributed by atoms with Gasteiger partial charge in [0.1, 0.15) is 30.3 Å². The molecule has 0 spiro atoms. The van der Waals surface area contributed by atoms with E-state index < -0.39 is 5.54 Å². The molecule has 2 aromatic carbocycles. The second-order valence-corrected chi connectivity index (χ2v) is 7.65. The van der Waals surface area contributed by atoms with E-state index in [9.17, 15) is 4.79 Å². The zero-order valence-electron chi connectivity index (χ0n) is 16.9. The fraction of sp³-hybridized carbons (Fsp3) is 0.250. The molecule has 2 N–H and O–H groups in total. The third-order valence-electron chi connectivity index (χ3n) is 4.96. The maximum atomic E-state index is 12.6. The van der Waals surface area contributed by atoms with Gasteiger partial charge in [-0.25, -0.2) is 0 Å². The van der Waals surface area contributed by atoms with Crippen LogP contribution in [0.3, 0.4) is 0 Å². The van der Waals surface area contributed by atoms with E-state index >= 15 is 0 Å². The molecule has 2 heterocycles. The van der Waals surface area contributed by atoms with Crippen LogP contribution in [0.2, 0.25) is 0 Å². The smallest absolute Gasteiger partial charge is 0.251 e. The molecule has 154 valence electrons. The highest BCUT2D eigenvalue weighted by Gasteiger charge is 2.32. The van der Waals surface area contributed by atoms with E-state index in [1.807, 2.05) is 49.4 Å². The van der Waals surface area contributed by atoms with Crippen molar-refractivity contribution < 1.29 is 14.3 Å². The summed E-state index contributed by atoms with van der Waals surface area (Å²) in [4.78, 5) is 16.6. The van der Waals surface area contributed by atoms with Gasteiger partial charge in [0.15, 0.2) is 0 Å². The summed E-state index contributed by atoms with van der Waals surface area (Å²) in [7, 11) is 0. The monoisotopic (exact) mass is 403 g/mol. The lowest BCUT2D eigenvalue weighted by Crippen LogP contribution is -2.48. The Balaban J connectivity index is 1.36. The fourth-order valence-electron chi connectivity index (χ4n) is 3.31. The highest BCUT2D eigenvalue weighted by Crippen LogP contribution is 2.33. The van der Waals surface area contributed by atoms with Crippen molar-refractivity contribution in [2.45, 2.75) is 18.9 Å². The molecule has 1 amide bonds. The van der Waals surface area contributed by atoms with E-state index in [4.69, 9.17) is 9.47 Å². The number of nitrogens with one attached hydrogen (secondary N) is 2. The highest BCUT2D eigenvalue weighted by atomic mass is 16.5. The van der Waals surface area contributed by atoms with E-state index in [0.717, 1.165) is 17.9 Å². The van der Waals surface area contributed by atoms with Gasteiger partial charge in [-0.2, -0.15) is 0 Å². The number of carbonyl (C=O) groups is 1. The molecule has 30 heavy (non-hydrogen) atoms. The van der Waals surface area contributed by atoms with Crippen molar-refractivity contribution in [3.63, 3.8) is 0 Å². The van der Waals surface area contributed by atoms with Gasteiger partial charge < -0.3 is 20.1 Å². The zero-order chi connectivity index (χ0) is 20.8. The molecule has 0 bridgehead atoms. The summed E-state index contributed by atoms with van der Waals surface area (Å²) in [6, 6.07) is 19.2. The minimum Gasteiger partial charge on any atom is -0.489 e. The largest absolute Gasteiger partial charge is 0.489 e. The Labute approximate surface area is 176 Å². The minimum atomic E-state index is -0.425. The summed E-state index contributed by atoms with van der Waals surface area (Å²) in [6.07, 6.45) is 4.18. The average molecular weight is 403 g/mol. The van der Waals surface area contributed by atoms with Gasteiger partial charge in [0.05, 0.1) is 11.9 Å². The van der Waals surface area contributed by atoms with Crippen LogP contribution in [0.5, 0.6) is 11.5 Å². The zero-order valence-corrected chi connectivity index (χ0v) is 16.9. The lowest BCUT2D eigenvalue weighted by Gasteiger charge is -2.36. The second-order valence-electron chi connectivity index (χ2n) is 7.65. The van der Waals surface area contributed by atoms with Crippen LogP contribution < -0.4 is 20.1 Å². The topological polar surface area (TPSA) is 72.5 Å². The summed E-state index contributed by atoms with van der Waals surface area (Å²) in [5.74, 6) is 1.34. The first-order chi connectivity index (χ1) is 14.6. The van der Waals surface area contributed by atoms with Crippen LogP contribution in [0.4, 0.5) is 5.69 Å². The second kappa shape index (κ2) is 8.86. The Morgan fingerprint density at radius 3 is 2.87 bits per heavy atom. The van der Waals surface area contributed by atoms with Crippen LogP contribution in [0, 0.1) is 0 Å². The van der Waals surface area contributed by atoms with Gasteiger partial charge in [-0.3, -0.25) is 9.78 Å². The third kappa shape index (κ3) is 4.89. The summed E-state index contributed by atoms with van der Waals surface area (Å²) in [5.41, 5.74) is 2.15. The molecule has 1 unspecified atom stereocenters. The Kier molecular flexibility index (Phi) is 5.84. The molecule has 0 saturated carbocycles. The quantitative estimate of drug-likeness (QED) is 0.629. The SMILES string of the molecule is CC1(COc2cccnc2)COc2ccc(C(=O)NCCc3ccccc3)cc2N1. The van der Waals surface area contributed by atoms with Gasteiger partial charge in [-0.15, -0.1) is 0 Å². The van der Waals surface area contributed by atoms with Crippen LogP contribution in [0.25, 0.3) is 0 Å². The molecular formula is C24H25N3O3. The Morgan fingerprint density at radius 1 is 1.20 bits per heavy atom. The molecule has 3 aromatic rings. The fourth-order valence-corrected chi connectivity index (χ4v) is 3.31. The summed E-state index contributed by atoms with van der Waals surface area (Å²) >= 11 is 0. The number of rotatable bonds is 7. The van der Waals surface area contributed by atoms with Crippen molar-refractivity contribution in [1.82, 2.24) is 10.3 Å². The molecule has 0 fully saturated rings. The van der Waals surface area contributed by atoms with E-state index in [1.54, 1.807) is 18.5 Å². The number of fused-ring (bicyclic) bond motifs is 1. The number of hydrogen-bond acceptors (Lipinski definition) is 5. The van der Waals surface area contributed by atoms with Gasteiger partial charge in [-0.05, 0) is 49.2 Å². The first-order valence-electron chi connectivity index (χ1n) is 10.0. The average Bonchev–Trinajstić information content (AvgIpc) is 2.78. The number of benzene rings is 2. The molecule has 1 aliphatic rings. The van der Waals surface area contributed by atoms with Crippen LogP contribution in [0.1, 0.15) is 22.8 Å². The normalized spacial score (nSPS) is 17.2. The van der Waals surface area contributed by atoms with Crippen molar-refractivity contribution in [3.05, 3.63) is 84.2 Å². The number of aromatic nitrogens is 1. The predicted molar refractivity (Wildman–Crippen MR) is 116 cm³/mol. The van der Waals surface area contributed by atoms with E-state index in [0.29, 0.717) is 31.1 Å². The molecule has 0 aliphatic carbocycles. The van der Waals surface area contributed by atoms with Crippen molar-refractivity contribution >= 4 is 11.6 Å². The number of ether oxygens (including phenoxy) is 2. The van der Waals surface area contributed by atoms with Crippen molar-refractivity contribution in [3.8, 4) is 11.5 Å². The van der Waals surface area contributed by atoms with Gasteiger partial charge in [0, 0.05) is 18.3 Å². The Bertz CT molecular complexity index is 995. The molecule has 1 aromatic heterocycles. The van der Waals surface area contributed by atoms with E-state index in [2.05, 4.69) is 27.8 Å². The van der Waals surface area contributed by atoms with Crippen LogP contribution >= 0.6 is 0 Å². The van der Waals surface area contributed by atoms with E-state index in [-0.39, 0.29) is 5.91 Å². The molecule has 6 nitrogen and oxygen atoms in total. The maximum Gasteiger partial charge on any atom is 0.251 e. The standard InChI is InChI=1S/C24H25N3O3/c1-24(16-29-20-8-5-12-25-15-20)17-30-22-10-9-19(14-21(22)27-24)23(28)26-13-11-18-6-3-2-4-7-18/h2-10,12,14-15,27H,11,13,16-17H2,1H3,(H,26,28). The number of anilines is 1. The lowest BCUT2D eigenvalue weighted by molar-refractivity contribution is 0.0954. The molecule has 4 rings (SSSR count). The van der Waals surface area contributed by atoms with E-state index in [1.165, 1.54) is 5.56 Å². The summed E-state index contributed by atoms with van der Waals surface area (Å²) in [6.45, 7) is 3.48. The summed E-state index contributed by atoms with van der Waals surface area (Å²) < 4.78 is 11.8. The first kappa shape index (κ1) is 19.8. The number of carbonyl (C=O) groups excluding carboxylic acids is 1. The lowest BCUT2D eigenvalue weighted by atomic mass is 10.0. The van der Waals surface area contributed by atoms with Gasteiger partial charge in [0.25, 0.3) is 5.91 Å². The van der Waals surface area contributed by atoms with Crippen molar-refractivity contribution in [1.29, 1.82) is 0 Å². The van der Waals surface area contributed by atoms with Crippen LogP contribution in [-0.4, -0.2) is 36.2 Å². The first-order valence-corrected chi connectivity index (χ1v) is 10.0. The minimum absolute atomic E-state index is 0.102. The van der Waals surface area contributed by atoms with Gasteiger partial charge in [0.2, 0.25) is 0 Å². The molecule has 0 saturated heterocycles. The Hall–Kier alpha value is -3.54. The number of amides is 1. The van der Waals surface area contributed by atoms with Crippen LogP contribution in [-0.2, 0) is 6.42 Å². The molecule has 1 aliphatic heterocycles. The molecular weight excluding hydrogens is 378 g/mol. The molecule has 1 atom stereocenters.